The Bertz CT molecular complexity index is 800. The minimum atomic E-state index is -0.546. The van der Waals surface area contributed by atoms with Gasteiger partial charge in [-0.2, -0.15) is 0 Å². The lowest BCUT2D eigenvalue weighted by molar-refractivity contribution is 0.465. The van der Waals surface area contributed by atoms with Gasteiger partial charge in [0.2, 0.25) is 0 Å². The largest absolute Gasteiger partial charge is 0.456 e. The van der Waals surface area contributed by atoms with Gasteiger partial charge in [0.15, 0.2) is 11.4 Å². The van der Waals surface area contributed by atoms with Crippen LogP contribution in [-0.2, 0) is 0 Å². The van der Waals surface area contributed by atoms with Crippen molar-refractivity contribution in [2.45, 2.75) is 6.04 Å². The summed E-state index contributed by atoms with van der Waals surface area (Å²) in [5.74, 6) is -0.529. The van der Waals surface area contributed by atoms with Crippen LogP contribution in [0.4, 0.5) is 8.78 Å². The molecular formula is C16H12ClF2NO. The molecule has 2 nitrogen and oxygen atoms in total. The first-order valence-corrected chi connectivity index (χ1v) is 6.78. The van der Waals surface area contributed by atoms with Gasteiger partial charge in [-0.3, -0.25) is 0 Å². The van der Waals surface area contributed by atoms with Gasteiger partial charge in [0, 0.05) is 10.9 Å². The molecule has 1 aromatic heterocycles. The van der Waals surface area contributed by atoms with E-state index in [0.29, 0.717) is 16.7 Å². The highest BCUT2D eigenvalue weighted by Crippen LogP contribution is 2.32. The van der Waals surface area contributed by atoms with E-state index in [1.165, 1.54) is 12.1 Å². The van der Waals surface area contributed by atoms with Gasteiger partial charge in [-0.05, 0) is 25.2 Å². The highest BCUT2D eigenvalue weighted by molar-refractivity contribution is 6.30. The van der Waals surface area contributed by atoms with Crippen LogP contribution in [0.15, 0.2) is 46.9 Å². The summed E-state index contributed by atoms with van der Waals surface area (Å²) >= 11 is 5.81. The molecule has 0 saturated heterocycles. The Kier molecular flexibility index (Phi) is 3.66. The van der Waals surface area contributed by atoms with Crippen molar-refractivity contribution in [2.75, 3.05) is 7.05 Å². The summed E-state index contributed by atoms with van der Waals surface area (Å²) in [4.78, 5) is 0. The third-order valence-electron chi connectivity index (χ3n) is 3.38. The number of halogens is 3. The second kappa shape index (κ2) is 5.47. The lowest BCUT2D eigenvalue weighted by Crippen LogP contribution is -2.18. The zero-order valence-electron chi connectivity index (χ0n) is 11.2. The molecule has 3 aromatic rings. The molecule has 1 atom stereocenters. The zero-order valence-corrected chi connectivity index (χ0v) is 11.9. The summed E-state index contributed by atoms with van der Waals surface area (Å²) in [6.07, 6.45) is 0. The smallest absolute Gasteiger partial charge is 0.169 e. The number of para-hydroxylation sites is 1. The summed E-state index contributed by atoms with van der Waals surface area (Å²) in [6, 6.07) is 10.6. The summed E-state index contributed by atoms with van der Waals surface area (Å²) in [5, 5.41) is 3.64. The van der Waals surface area contributed by atoms with Gasteiger partial charge in [0.25, 0.3) is 0 Å². The average molecular weight is 308 g/mol. The van der Waals surface area contributed by atoms with Crippen molar-refractivity contribution in [3.05, 3.63) is 70.4 Å². The lowest BCUT2D eigenvalue weighted by atomic mass is 10.0. The van der Waals surface area contributed by atoms with Gasteiger partial charge in [0.05, 0.1) is 11.1 Å². The molecular weight excluding hydrogens is 296 g/mol. The predicted octanol–water partition coefficient (Wildman–Crippen LogP) is 4.67. The van der Waals surface area contributed by atoms with Crippen LogP contribution in [0.5, 0.6) is 0 Å². The number of fused-ring (bicyclic) bond motifs is 1. The van der Waals surface area contributed by atoms with Crippen LogP contribution in [0.3, 0.4) is 0 Å². The third kappa shape index (κ3) is 2.41. The first kappa shape index (κ1) is 14.0. The Morgan fingerprint density at radius 2 is 1.90 bits per heavy atom. The molecule has 1 unspecified atom stereocenters. The molecule has 0 aliphatic rings. The summed E-state index contributed by atoms with van der Waals surface area (Å²) in [5.41, 5.74) is 0.514. The van der Waals surface area contributed by atoms with Gasteiger partial charge < -0.3 is 9.73 Å². The topological polar surface area (TPSA) is 25.2 Å². The van der Waals surface area contributed by atoms with E-state index in [2.05, 4.69) is 5.32 Å². The molecule has 0 amide bonds. The Balaban J connectivity index is 2.14. The molecule has 0 aliphatic heterocycles. The van der Waals surface area contributed by atoms with E-state index >= 15 is 0 Å². The fraction of sp³-hybridized carbons (Fsp3) is 0.125. The number of nitrogens with one attached hydrogen (secondary N) is 1. The number of benzene rings is 2. The molecule has 1 N–H and O–H groups in total. The SMILES string of the molecule is CNC(c1cc2cccc(F)c2o1)c1cccc(Cl)c1F. The maximum absolute atomic E-state index is 14.2. The van der Waals surface area contributed by atoms with Crippen molar-refractivity contribution in [1.29, 1.82) is 0 Å². The molecule has 0 spiro atoms. The number of hydrogen-bond acceptors (Lipinski definition) is 2. The maximum atomic E-state index is 14.2. The van der Waals surface area contributed by atoms with Crippen LogP contribution in [0.25, 0.3) is 11.0 Å². The van der Waals surface area contributed by atoms with Crippen molar-refractivity contribution in [3.63, 3.8) is 0 Å². The van der Waals surface area contributed by atoms with E-state index in [4.69, 9.17) is 16.0 Å². The fourth-order valence-corrected chi connectivity index (χ4v) is 2.57. The Morgan fingerprint density at radius 1 is 1.14 bits per heavy atom. The molecule has 5 heteroatoms. The van der Waals surface area contributed by atoms with Crippen LogP contribution < -0.4 is 5.32 Å². The van der Waals surface area contributed by atoms with Crippen molar-refractivity contribution in [2.24, 2.45) is 0 Å². The summed E-state index contributed by atoms with van der Waals surface area (Å²) < 4.78 is 33.4. The van der Waals surface area contributed by atoms with Gasteiger partial charge in [-0.1, -0.05) is 35.9 Å². The normalized spacial score (nSPS) is 12.8. The molecule has 1 heterocycles. The predicted molar refractivity (Wildman–Crippen MR) is 78.5 cm³/mol. The number of furan rings is 1. The van der Waals surface area contributed by atoms with Crippen LogP contribution in [0.2, 0.25) is 5.02 Å². The molecule has 108 valence electrons. The third-order valence-corrected chi connectivity index (χ3v) is 3.67. The number of rotatable bonds is 3. The maximum Gasteiger partial charge on any atom is 0.169 e. The fourth-order valence-electron chi connectivity index (χ4n) is 2.38. The molecule has 0 radical (unpaired) electrons. The summed E-state index contributed by atoms with van der Waals surface area (Å²) in [7, 11) is 1.68. The van der Waals surface area contributed by atoms with Crippen molar-refractivity contribution in [3.8, 4) is 0 Å². The average Bonchev–Trinajstić information content (AvgIpc) is 2.89. The molecule has 0 bridgehead atoms. The molecule has 21 heavy (non-hydrogen) atoms. The zero-order chi connectivity index (χ0) is 15.0. The first-order valence-electron chi connectivity index (χ1n) is 6.41. The van der Waals surface area contributed by atoms with Crippen molar-refractivity contribution >= 4 is 22.6 Å². The van der Waals surface area contributed by atoms with Gasteiger partial charge in [-0.15, -0.1) is 0 Å². The standard InChI is InChI=1S/C16H12ClF2NO/c1-20-15(10-5-3-6-11(17)14(10)19)13-8-9-4-2-7-12(18)16(9)21-13/h2-8,15,20H,1H3. The van der Waals surface area contributed by atoms with Crippen molar-refractivity contribution in [1.82, 2.24) is 5.32 Å². The highest BCUT2D eigenvalue weighted by atomic mass is 35.5. The van der Waals surface area contributed by atoms with E-state index in [1.54, 1.807) is 37.4 Å². The minimum Gasteiger partial charge on any atom is -0.456 e. The Labute approximate surface area is 125 Å². The van der Waals surface area contributed by atoms with E-state index in [1.807, 2.05) is 0 Å². The van der Waals surface area contributed by atoms with E-state index in [9.17, 15) is 8.78 Å². The van der Waals surface area contributed by atoms with Gasteiger partial charge in [0.1, 0.15) is 11.6 Å². The Morgan fingerprint density at radius 3 is 2.62 bits per heavy atom. The van der Waals surface area contributed by atoms with Crippen LogP contribution in [-0.4, -0.2) is 7.05 Å². The molecule has 3 rings (SSSR count). The first-order chi connectivity index (χ1) is 10.1. The lowest BCUT2D eigenvalue weighted by Gasteiger charge is -2.15. The van der Waals surface area contributed by atoms with Gasteiger partial charge >= 0.3 is 0 Å². The molecule has 0 saturated carbocycles. The Hall–Kier alpha value is -1.91. The van der Waals surface area contributed by atoms with Crippen molar-refractivity contribution < 1.29 is 13.2 Å². The van der Waals surface area contributed by atoms with E-state index < -0.39 is 17.7 Å². The summed E-state index contributed by atoms with van der Waals surface area (Å²) in [6.45, 7) is 0. The molecule has 0 fully saturated rings. The number of hydrogen-bond donors (Lipinski definition) is 1. The van der Waals surface area contributed by atoms with Gasteiger partial charge in [-0.25, -0.2) is 8.78 Å². The van der Waals surface area contributed by atoms with Crippen LogP contribution >= 0.6 is 11.6 Å². The highest BCUT2D eigenvalue weighted by Gasteiger charge is 2.22. The quantitative estimate of drug-likeness (QED) is 0.760. The second-order valence-corrected chi connectivity index (χ2v) is 5.08. The molecule has 0 aliphatic carbocycles. The van der Waals surface area contributed by atoms with E-state index in [-0.39, 0.29) is 10.6 Å². The second-order valence-electron chi connectivity index (χ2n) is 4.67. The molecule has 2 aromatic carbocycles. The minimum absolute atomic E-state index is 0.0371. The monoisotopic (exact) mass is 307 g/mol. The van der Waals surface area contributed by atoms with Crippen LogP contribution in [0, 0.1) is 11.6 Å². The van der Waals surface area contributed by atoms with Crippen LogP contribution in [0.1, 0.15) is 17.4 Å². The van der Waals surface area contributed by atoms with E-state index in [0.717, 1.165) is 0 Å².